The zero-order valence-corrected chi connectivity index (χ0v) is 20.0. The molecule has 0 amide bonds. The lowest BCUT2D eigenvalue weighted by molar-refractivity contribution is -0.291. The van der Waals surface area contributed by atoms with E-state index in [9.17, 15) is 30.4 Å². The van der Waals surface area contributed by atoms with Gasteiger partial charge in [0.15, 0.2) is 21.3 Å². The van der Waals surface area contributed by atoms with Crippen molar-refractivity contribution in [3.05, 3.63) is 24.0 Å². The van der Waals surface area contributed by atoms with E-state index in [1.54, 1.807) is 0 Å². The van der Waals surface area contributed by atoms with E-state index in [0.29, 0.717) is 6.07 Å². The number of imidazole rings is 1. The number of pyridine rings is 1. The second-order valence-corrected chi connectivity index (χ2v) is 10.3. The predicted molar refractivity (Wildman–Crippen MR) is 114 cm³/mol. The Kier molecular flexibility index (Phi) is 6.01. The van der Waals surface area contributed by atoms with E-state index >= 15 is 0 Å². The van der Waals surface area contributed by atoms with Crippen LogP contribution in [-0.4, -0.2) is 65.3 Å². The fourth-order valence-corrected chi connectivity index (χ4v) is 4.24. The van der Waals surface area contributed by atoms with Crippen molar-refractivity contribution in [3.63, 3.8) is 0 Å². The molecule has 0 N–H and O–H groups in total. The van der Waals surface area contributed by atoms with Gasteiger partial charge in [-0.25, -0.2) is 13.4 Å². The standard InChI is InChI=1S/C19H18F5N9O2S/c1-5-36(34,35)12-6-10(15-28-31-33(30-15)9(2)3)8-25-14(12)17-26-11-7-13(18(20,21)19(22,23)24)27-29-16(11)32(17)4/h6-9H,5H2,1-4H3. The van der Waals surface area contributed by atoms with Crippen LogP contribution >= 0.6 is 0 Å². The van der Waals surface area contributed by atoms with E-state index in [1.807, 2.05) is 13.8 Å². The smallest absolute Gasteiger partial charge is 0.309 e. The van der Waals surface area contributed by atoms with Gasteiger partial charge in [0.1, 0.15) is 16.9 Å². The predicted octanol–water partition coefficient (Wildman–Crippen LogP) is 3.11. The topological polar surface area (TPSA) is 134 Å². The summed E-state index contributed by atoms with van der Waals surface area (Å²) < 4.78 is 92.9. The Morgan fingerprint density at radius 1 is 1.06 bits per heavy atom. The van der Waals surface area contributed by atoms with Gasteiger partial charge in [0.2, 0.25) is 5.82 Å². The highest BCUT2D eigenvalue weighted by molar-refractivity contribution is 7.91. The summed E-state index contributed by atoms with van der Waals surface area (Å²) in [5.74, 6) is -5.60. The maximum absolute atomic E-state index is 13.8. The molecule has 192 valence electrons. The van der Waals surface area contributed by atoms with Crippen molar-refractivity contribution in [3.8, 4) is 22.9 Å². The second-order valence-electron chi connectivity index (χ2n) is 8.01. The van der Waals surface area contributed by atoms with Gasteiger partial charge >= 0.3 is 12.1 Å². The Balaban J connectivity index is 1.90. The molecule has 0 atom stereocenters. The molecule has 17 heteroatoms. The van der Waals surface area contributed by atoms with Gasteiger partial charge < -0.3 is 4.57 Å². The lowest BCUT2D eigenvalue weighted by Crippen LogP contribution is -2.34. The Hall–Kier alpha value is -3.63. The van der Waals surface area contributed by atoms with E-state index in [4.69, 9.17) is 0 Å². The molecule has 0 unspecified atom stereocenters. The molecular weight excluding hydrogens is 513 g/mol. The van der Waals surface area contributed by atoms with Gasteiger partial charge in [0.05, 0.1) is 16.7 Å². The Labute approximate surface area is 200 Å². The Bertz CT molecular complexity index is 1560. The van der Waals surface area contributed by atoms with Crippen molar-refractivity contribution in [2.75, 3.05) is 5.75 Å². The molecule has 0 radical (unpaired) electrons. The number of tetrazole rings is 1. The minimum absolute atomic E-state index is 0.104. The molecule has 4 rings (SSSR count). The highest BCUT2D eigenvalue weighted by Crippen LogP contribution is 2.43. The molecule has 4 heterocycles. The van der Waals surface area contributed by atoms with Crippen molar-refractivity contribution in [2.45, 2.75) is 43.8 Å². The summed E-state index contributed by atoms with van der Waals surface area (Å²) in [5, 5.41) is 18.5. The quantitative estimate of drug-likeness (QED) is 0.344. The second kappa shape index (κ2) is 8.49. The number of rotatable bonds is 6. The minimum Gasteiger partial charge on any atom is -0.309 e. The van der Waals surface area contributed by atoms with Gasteiger partial charge in [-0.3, -0.25) is 4.98 Å². The van der Waals surface area contributed by atoms with Gasteiger partial charge in [0, 0.05) is 18.8 Å². The van der Waals surface area contributed by atoms with Crippen LogP contribution in [0, 0.1) is 0 Å². The summed E-state index contributed by atoms with van der Waals surface area (Å²) in [4.78, 5) is 9.33. The van der Waals surface area contributed by atoms with E-state index in [-0.39, 0.29) is 50.8 Å². The van der Waals surface area contributed by atoms with Crippen LogP contribution in [0.3, 0.4) is 0 Å². The largest absolute Gasteiger partial charge is 0.459 e. The van der Waals surface area contributed by atoms with Crippen LogP contribution in [0.1, 0.15) is 32.5 Å². The van der Waals surface area contributed by atoms with Crippen LogP contribution in [0.5, 0.6) is 0 Å². The molecule has 0 bridgehead atoms. The lowest BCUT2D eigenvalue weighted by Gasteiger charge is -2.17. The first-order valence-corrected chi connectivity index (χ1v) is 12.0. The zero-order chi connectivity index (χ0) is 26.6. The number of nitrogens with zero attached hydrogens (tertiary/aromatic N) is 9. The highest BCUT2D eigenvalue weighted by atomic mass is 32.2. The number of aryl methyl sites for hydroxylation is 1. The molecule has 0 spiro atoms. The van der Waals surface area contributed by atoms with Gasteiger partial charge in [-0.15, -0.1) is 20.4 Å². The Morgan fingerprint density at radius 3 is 2.33 bits per heavy atom. The average molecular weight is 531 g/mol. The normalized spacial score (nSPS) is 13.2. The molecule has 0 fully saturated rings. The van der Waals surface area contributed by atoms with Crippen molar-refractivity contribution in [2.24, 2.45) is 7.05 Å². The number of aromatic nitrogens is 9. The van der Waals surface area contributed by atoms with Gasteiger partial charge in [-0.2, -0.15) is 26.7 Å². The maximum atomic E-state index is 13.8. The van der Waals surface area contributed by atoms with Crippen molar-refractivity contribution in [1.29, 1.82) is 0 Å². The molecule has 0 saturated heterocycles. The van der Waals surface area contributed by atoms with E-state index in [2.05, 4.69) is 35.6 Å². The van der Waals surface area contributed by atoms with Crippen molar-refractivity contribution in [1.82, 2.24) is 44.9 Å². The summed E-state index contributed by atoms with van der Waals surface area (Å²) in [6.07, 6.45) is -4.61. The summed E-state index contributed by atoms with van der Waals surface area (Å²) in [6, 6.07) is 1.63. The van der Waals surface area contributed by atoms with Gasteiger partial charge in [-0.1, -0.05) is 6.92 Å². The van der Waals surface area contributed by atoms with Crippen LogP contribution in [0.15, 0.2) is 23.2 Å². The third-order valence-electron chi connectivity index (χ3n) is 5.22. The molecule has 0 aliphatic carbocycles. The molecule has 0 aromatic carbocycles. The van der Waals surface area contributed by atoms with E-state index < -0.39 is 27.6 Å². The number of halogens is 5. The monoisotopic (exact) mass is 531 g/mol. The summed E-state index contributed by atoms with van der Waals surface area (Å²) in [7, 11) is -2.56. The summed E-state index contributed by atoms with van der Waals surface area (Å²) in [5.41, 5.74) is -2.08. The van der Waals surface area contributed by atoms with Crippen LogP contribution in [-0.2, 0) is 22.8 Å². The molecule has 0 aliphatic rings. The third-order valence-corrected chi connectivity index (χ3v) is 6.96. The molecular formula is C19H18F5N9O2S. The lowest BCUT2D eigenvalue weighted by atomic mass is 10.2. The number of sulfone groups is 1. The van der Waals surface area contributed by atoms with Crippen LogP contribution in [0.4, 0.5) is 22.0 Å². The molecule has 4 aromatic rings. The third kappa shape index (κ3) is 4.16. The molecule has 4 aromatic heterocycles. The number of fused-ring (bicyclic) bond motifs is 1. The minimum atomic E-state index is -5.89. The van der Waals surface area contributed by atoms with Gasteiger partial charge in [0.25, 0.3) is 0 Å². The first-order valence-electron chi connectivity index (χ1n) is 10.4. The van der Waals surface area contributed by atoms with E-state index in [0.717, 1.165) is 0 Å². The van der Waals surface area contributed by atoms with Gasteiger partial charge in [-0.05, 0) is 31.2 Å². The first-order chi connectivity index (χ1) is 16.7. The van der Waals surface area contributed by atoms with Crippen molar-refractivity contribution < 1.29 is 30.4 Å². The van der Waals surface area contributed by atoms with Crippen LogP contribution < -0.4 is 0 Å². The van der Waals surface area contributed by atoms with Crippen LogP contribution in [0.2, 0.25) is 0 Å². The fraction of sp³-hybridized carbons (Fsp3) is 0.421. The number of hydrogen-bond acceptors (Lipinski definition) is 9. The van der Waals surface area contributed by atoms with E-state index in [1.165, 1.54) is 35.6 Å². The Morgan fingerprint density at radius 2 is 1.75 bits per heavy atom. The number of alkyl halides is 5. The maximum Gasteiger partial charge on any atom is 0.459 e. The SMILES string of the molecule is CCS(=O)(=O)c1cc(-c2nnn(C(C)C)n2)cnc1-c1nc2cc(C(F)(F)C(F)(F)F)nnc2n1C. The highest BCUT2D eigenvalue weighted by Gasteiger charge is 2.60. The summed E-state index contributed by atoms with van der Waals surface area (Å²) in [6.45, 7) is 5.06. The average Bonchev–Trinajstić information content (AvgIpc) is 3.43. The first kappa shape index (κ1) is 25.5. The molecule has 11 nitrogen and oxygen atoms in total. The number of hydrogen-bond donors (Lipinski definition) is 0. The molecule has 0 aliphatic heterocycles. The van der Waals surface area contributed by atoms with Crippen molar-refractivity contribution >= 4 is 21.0 Å². The fourth-order valence-electron chi connectivity index (χ4n) is 3.18. The molecule has 36 heavy (non-hydrogen) atoms. The van der Waals surface area contributed by atoms with Crippen LogP contribution in [0.25, 0.3) is 34.1 Å². The summed E-state index contributed by atoms with van der Waals surface area (Å²) >= 11 is 0. The molecule has 0 saturated carbocycles. The zero-order valence-electron chi connectivity index (χ0n) is 19.2.